The Labute approximate surface area is 186 Å². The molecule has 2 saturated heterocycles. The maximum absolute atomic E-state index is 6.18. The van der Waals surface area contributed by atoms with Gasteiger partial charge in [-0.25, -0.2) is 0 Å². The van der Waals surface area contributed by atoms with E-state index in [0.717, 1.165) is 71.0 Å². The van der Waals surface area contributed by atoms with Gasteiger partial charge in [0, 0.05) is 49.4 Å². The molecule has 0 amide bonds. The zero-order valence-electron chi connectivity index (χ0n) is 19.2. The zero-order chi connectivity index (χ0) is 21.5. The second-order valence-corrected chi connectivity index (χ2v) is 8.77. The van der Waals surface area contributed by atoms with Gasteiger partial charge in [-0.05, 0) is 64.0 Å². The van der Waals surface area contributed by atoms with Crippen molar-refractivity contribution in [3.8, 4) is 0 Å². The Morgan fingerprint density at radius 3 is 2.84 bits per heavy atom. The van der Waals surface area contributed by atoms with Crippen LogP contribution in [0.4, 0.5) is 0 Å². The molecule has 0 saturated carbocycles. The number of nitrogens with zero attached hydrogens (tertiary/aromatic N) is 2. The molecule has 2 aliphatic heterocycles. The first-order valence-electron chi connectivity index (χ1n) is 12.1. The number of piperidine rings is 1. The van der Waals surface area contributed by atoms with Gasteiger partial charge in [-0.2, -0.15) is 0 Å². The summed E-state index contributed by atoms with van der Waals surface area (Å²) >= 11 is 0. The van der Waals surface area contributed by atoms with E-state index in [4.69, 9.17) is 14.5 Å². The molecule has 2 N–H and O–H groups in total. The highest BCUT2D eigenvalue weighted by atomic mass is 16.5. The van der Waals surface area contributed by atoms with E-state index in [0.29, 0.717) is 12.2 Å². The summed E-state index contributed by atoms with van der Waals surface area (Å²) in [6.45, 7) is 9.62. The number of guanidine groups is 1. The highest BCUT2D eigenvalue weighted by Gasteiger charge is 2.23. The molecule has 1 atom stereocenters. The summed E-state index contributed by atoms with van der Waals surface area (Å²) in [5, 5.41) is 4.81. The van der Waals surface area contributed by atoms with Crippen molar-refractivity contribution in [2.24, 2.45) is 4.99 Å². The van der Waals surface area contributed by atoms with E-state index in [9.17, 15) is 0 Å². The number of aryl methyl sites for hydroxylation is 1. The van der Waals surface area contributed by atoms with Crippen molar-refractivity contribution in [2.75, 3.05) is 39.4 Å². The van der Waals surface area contributed by atoms with E-state index >= 15 is 0 Å². The molecule has 2 aliphatic rings. The van der Waals surface area contributed by atoms with Crippen molar-refractivity contribution >= 4 is 16.9 Å². The van der Waals surface area contributed by atoms with Crippen molar-refractivity contribution in [3.05, 3.63) is 35.5 Å². The number of fused-ring (bicyclic) bond motifs is 1. The fraction of sp³-hybridized carbons (Fsp3) is 0.640. The van der Waals surface area contributed by atoms with Crippen LogP contribution in [0.3, 0.4) is 0 Å². The Hall–Kier alpha value is -2.05. The van der Waals surface area contributed by atoms with E-state index in [1.165, 1.54) is 35.0 Å². The molecule has 6 nitrogen and oxygen atoms in total. The molecule has 1 aromatic carbocycles. The summed E-state index contributed by atoms with van der Waals surface area (Å²) in [5.41, 5.74) is 3.85. The molecule has 0 spiro atoms. The van der Waals surface area contributed by atoms with E-state index in [1.54, 1.807) is 0 Å². The minimum absolute atomic E-state index is 0.304. The van der Waals surface area contributed by atoms with Crippen LogP contribution in [0.15, 0.2) is 29.3 Å². The lowest BCUT2D eigenvalue weighted by Gasteiger charge is -2.35. The first kappa shape index (κ1) is 22.2. The van der Waals surface area contributed by atoms with Crippen LogP contribution in [0, 0.1) is 6.92 Å². The van der Waals surface area contributed by atoms with Gasteiger partial charge < -0.3 is 24.7 Å². The van der Waals surface area contributed by atoms with E-state index < -0.39 is 0 Å². The summed E-state index contributed by atoms with van der Waals surface area (Å²) in [6.07, 6.45) is 7.32. The molecule has 31 heavy (non-hydrogen) atoms. The number of rotatable bonds is 7. The van der Waals surface area contributed by atoms with Crippen LogP contribution in [0.25, 0.3) is 10.9 Å². The van der Waals surface area contributed by atoms with E-state index in [1.807, 2.05) is 0 Å². The highest BCUT2D eigenvalue weighted by Crippen LogP contribution is 2.22. The predicted octanol–water partition coefficient (Wildman–Crippen LogP) is 4.03. The fourth-order valence-corrected chi connectivity index (χ4v) is 4.77. The van der Waals surface area contributed by atoms with Gasteiger partial charge in [0.15, 0.2) is 5.96 Å². The summed E-state index contributed by atoms with van der Waals surface area (Å²) in [7, 11) is 0. The number of aromatic amines is 1. The molecule has 3 heterocycles. The molecule has 2 aromatic rings. The molecule has 0 bridgehead atoms. The number of hydrogen-bond acceptors (Lipinski definition) is 3. The van der Waals surface area contributed by atoms with Crippen LogP contribution < -0.4 is 5.32 Å². The van der Waals surface area contributed by atoms with Crippen molar-refractivity contribution < 1.29 is 9.47 Å². The average Bonchev–Trinajstić information content (AvgIpc) is 3.13. The molecular formula is C25H38N4O2. The molecular weight excluding hydrogens is 388 g/mol. The van der Waals surface area contributed by atoms with Gasteiger partial charge in [-0.1, -0.05) is 18.2 Å². The van der Waals surface area contributed by atoms with Gasteiger partial charge in [-0.3, -0.25) is 4.99 Å². The number of benzene rings is 1. The van der Waals surface area contributed by atoms with Crippen LogP contribution in [-0.4, -0.2) is 67.4 Å². The van der Waals surface area contributed by atoms with Crippen LogP contribution in [0.1, 0.15) is 50.3 Å². The molecule has 6 heteroatoms. The summed E-state index contributed by atoms with van der Waals surface area (Å²) < 4.78 is 12.0. The number of nitrogens with one attached hydrogen (secondary N) is 2. The average molecular weight is 427 g/mol. The topological polar surface area (TPSA) is 61.9 Å². The third-order valence-electron chi connectivity index (χ3n) is 6.52. The van der Waals surface area contributed by atoms with Crippen molar-refractivity contribution in [1.82, 2.24) is 15.2 Å². The lowest BCUT2D eigenvalue weighted by atomic mass is 10.1. The van der Waals surface area contributed by atoms with Crippen molar-refractivity contribution in [3.63, 3.8) is 0 Å². The summed E-state index contributed by atoms with van der Waals surface area (Å²) in [4.78, 5) is 10.8. The Bertz CT molecular complexity index is 848. The van der Waals surface area contributed by atoms with Crippen LogP contribution >= 0.6 is 0 Å². The van der Waals surface area contributed by atoms with Crippen LogP contribution in [0.5, 0.6) is 0 Å². The molecule has 0 radical (unpaired) electrons. The third-order valence-corrected chi connectivity index (χ3v) is 6.52. The van der Waals surface area contributed by atoms with Gasteiger partial charge >= 0.3 is 0 Å². The van der Waals surface area contributed by atoms with Crippen LogP contribution in [0.2, 0.25) is 0 Å². The number of ether oxygens (including phenoxy) is 2. The number of likely N-dealkylation sites (tertiary alicyclic amines) is 1. The van der Waals surface area contributed by atoms with Gasteiger partial charge in [0.05, 0.1) is 18.8 Å². The number of hydrogen-bond donors (Lipinski definition) is 2. The molecule has 1 aromatic heterocycles. The maximum atomic E-state index is 6.18. The van der Waals surface area contributed by atoms with Gasteiger partial charge in [0.25, 0.3) is 0 Å². The van der Waals surface area contributed by atoms with Crippen molar-refractivity contribution in [2.45, 2.75) is 64.6 Å². The second-order valence-electron chi connectivity index (χ2n) is 8.77. The normalized spacial score (nSPS) is 21.0. The van der Waals surface area contributed by atoms with E-state index in [2.05, 4.69) is 53.3 Å². The van der Waals surface area contributed by atoms with Crippen molar-refractivity contribution in [1.29, 1.82) is 0 Å². The monoisotopic (exact) mass is 426 g/mol. The maximum Gasteiger partial charge on any atom is 0.193 e. The molecule has 1 unspecified atom stereocenters. The Kier molecular flexibility index (Phi) is 7.86. The second kappa shape index (κ2) is 11.0. The van der Waals surface area contributed by atoms with Gasteiger partial charge in [-0.15, -0.1) is 0 Å². The van der Waals surface area contributed by atoms with Crippen LogP contribution in [-0.2, 0) is 15.9 Å². The number of aliphatic imine (C=N–C) groups is 1. The lowest BCUT2D eigenvalue weighted by Crippen LogP contribution is -2.47. The Balaban J connectivity index is 1.28. The summed E-state index contributed by atoms with van der Waals surface area (Å²) in [6, 6.07) is 8.54. The van der Waals surface area contributed by atoms with E-state index in [-0.39, 0.29) is 0 Å². The molecule has 0 aliphatic carbocycles. The first-order chi connectivity index (χ1) is 15.2. The third kappa shape index (κ3) is 5.80. The SMILES string of the molecule is CCNC(=NCCc1c(C)[nH]c2ccccc12)N1CCC(OCC2CCCCO2)CC1. The number of H-pyrrole nitrogens is 1. The largest absolute Gasteiger partial charge is 0.376 e. The Morgan fingerprint density at radius 2 is 2.06 bits per heavy atom. The zero-order valence-corrected chi connectivity index (χ0v) is 19.2. The number of aromatic nitrogens is 1. The first-order valence-corrected chi connectivity index (χ1v) is 12.1. The molecule has 170 valence electrons. The molecule has 2 fully saturated rings. The van der Waals surface area contributed by atoms with Gasteiger partial charge in [0.2, 0.25) is 0 Å². The number of para-hydroxylation sites is 1. The minimum Gasteiger partial charge on any atom is -0.376 e. The fourth-order valence-electron chi connectivity index (χ4n) is 4.77. The minimum atomic E-state index is 0.304. The summed E-state index contributed by atoms with van der Waals surface area (Å²) in [5.74, 6) is 1.04. The lowest BCUT2D eigenvalue weighted by molar-refractivity contribution is -0.0721. The Morgan fingerprint density at radius 1 is 1.23 bits per heavy atom. The molecule has 4 rings (SSSR count). The predicted molar refractivity (Wildman–Crippen MR) is 127 cm³/mol. The smallest absolute Gasteiger partial charge is 0.193 e. The highest BCUT2D eigenvalue weighted by molar-refractivity contribution is 5.84. The quantitative estimate of drug-likeness (QED) is 0.518. The standard InChI is InChI=1S/C25H38N4O2/c1-3-26-25(27-14-11-22-19(2)28-24-10-5-4-9-23(22)24)29-15-12-20(13-16-29)31-18-21-8-6-7-17-30-21/h4-5,9-10,20-21,28H,3,6-8,11-18H2,1-2H3,(H,26,27). The van der Waals surface area contributed by atoms with Gasteiger partial charge in [0.1, 0.15) is 0 Å².